The Balaban J connectivity index is 1.65. The minimum Gasteiger partial charge on any atom is -0.383 e. The summed E-state index contributed by atoms with van der Waals surface area (Å²) in [6, 6.07) is 16.5. The third kappa shape index (κ3) is 5.70. The molecule has 0 radical (unpaired) electrons. The lowest BCUT2D eigenvalue weighted by atomic mass is 9.96. The number of hydrogen-bond donors (Lipinski definition) is 2. The van der Waals surface area contributed by atoms with E-state index >= 15 is 0 Å². The summed E-state index contributed by atoms with van der Waals surface area (Å²) in [5, 5.41) is 35.6. The molecule has 0 saturated carbocycles. The SMILES string of the molecule is [2H][C@@](Nc1cc(Cl)c2ncc(C#N)c(NCC(C)(C)C)c2c1)(c1cccc(C#N)c1)c1cn(-c2cccnc2)nn1. The van der Waals surface area contributed by atoms with E-state index < -0.39 is 6.02 Å². The molecule has 5 rings (SSSR count). The molecule has 10 heteroatoms. The summed E-state index contributed by atoms with van der Waals surface area (Å²) in [5.74, 6) is 0. The van der Waals surface area contributed by atoms with Crippen molar-refractivity contribution in [3.05, 3.63) is 101 Å². The van der Waals surface area contributed by atoms with Crippen LogP contribution < -0.4 is 10.6 Å². The lowest BCUT2D eigenvalue weighted by molar-refractivity contribution is 0.443. The summed E-state index contributed by atoms with van der Waals surface area (Å²) >= 11 is 6.72. The quantitative estimate of drug-likeness (QED) is 0.243. The molecule has 2 aromatic carbocycles. The topological polar surface area (TPSA) is 128 Å². The largest absolute Gasteiger partial charge is 0.383 e. The van der Waals surface area contributed by atoms with Crippen LogP contribution in [-0.2, 0) is 0 Å². The number of anilines is 2. The Labute approximate surface area is 238 Å². The number of fused-ring (bicyclic) bond motifs is 1. The molecule has 0 saturated heterocycles. The molecule has 1 atom stereocenters. The van der Waals surface area contributed by atoms with Gasteiger partial charge in [0.2, 0.25) is 0 Å². The Bertz CT molecular complexity index is 1820. The number of pyridine rings is 2. The third-order valence-corrected chi connectivity index (χ3v) is 6.34. The van der Waals surface area contributed by atoms with Crippen LogP contribution in [0.15, 0.2) is 73.3 Å². The predicted molar refractivity (Wildman–Crippen MR) is 155 cm³/mol. The normalized spacial score (nSPS) is 13.1. The fourth-order valence-corrected chi connectivity index (χ4v) is 4.40. The number of halogens is 1. The molecular weight excluding hydrogens is 522 g/mol. The van der Waals surface area contributed by atoms with Gasteiger partial charge in [-0.05, 0) is 47.4 Å². The second-order valence-corrected chi connectivity index (χ2v) is 10.8. The molecular formula is C30H26ClN9. The molecule has 40 heavy (non-hydrogen) atoms. The number of nitrogens with zero attached hydrogens (tertiary/aromatic N) is 7. The van der Waals surface area contributed by atoms with Crippen molar-refractivity contribution in [3.8, 4) is 17.8 Å². The van der Waals surface area contributed by atoms with E-state index in [1.807, 2.05) is 12.1 Å². The summed E-state index contributed by atoms with van der Waals surface area (Å²) in [7, 11) is 0. The van der Waals surface area contributed by atoms with Gasteiger partial charge in [0.1, 0.15) is 11.8 Å². The van der Waals surface area contributed by atoms with E-state index in [0.717, 1.165) is 0 Å². The molecule has 198 valence electrons. The van der Waals surface area contributed by atoms with Crippen molar-refractivity contribution >= 4 is 33.9 Å². The van der Waals surface area contributed by atoms with Crippen molar-refractivity contribution in [2.75, 3.05) is 17.2 Å². The van der Waals surface area contributed by atoms with E-state index in [2.05, 4.69) is 63.8 Å². The molecule has 0 unspecified atom stereocenters. The third-order valence-electron chi connectivity index (χ3n) is 6.05. The molecule has 2 N–H and O–H groups in total. The van der Waals surface area contributed by atoms with E-state index in [1.54, 1.807) is 55.0 Å². The fourth-order valence-electron chi connectivity index (χ4n) is 4.13. The van der Waals surface area contributed by atoms with Crippen LogP contribution in [0.1, 0.15) is 50.5 Å². The Morgan fingerprint density at radius 1 is 1.10 bits per heavy atom. The Kier molecular flexibility index (Phi) is 6.96. The summed E-state index contributed by atoms with van der Waals surface area (Å²) in [6.07, 6.45) is 6.45. The van der Waals surface area contributed by atoms with Gasteiger partial charge in [0, 0.05) is 30.0 Å². The van der Waals surface area contributed by atoms with Crippen LogP contribution in [0.3, 0.4) is 0 Å². The van der Waals surface area contributed by atoms with Crippen molar-refractivity contribution in [2.45, 2.75) is 26.8 Å². The monoisotopic (exact) mass is 548 g/mol. The molecule has 0 aliphatic heterocycles. The first-order valence-electron chi connectivity index (χ1n) is 13.0. The molecule has 9 nitrogen and oxygen atoms in total. The Morgan fingerprint density at radius 2 is 1.95 bits per heavy atom. The highest BCUT2D eigenvalue weighted by molar-refractivity contribution is 6.35. The van der Waals surface area contributed by atoms with Crippen molar-refractivity contribution in [2.24, 2.45) is 5.41 Å². The fraction of sp³-hybridized carbons (Fsp3) is 0.200. The van der Waals surface area contributed by atoms with Gasteiger partial charge in [-0.3, -0.25) is 9.97 Å². The van der Waals surface area contributed by atoms with Gasteiger partial charge in [0.05, 0.1) is 58.9 Å². The van der Waals surface area contributed by atoms with Crippen LogP contribution >= 0.6 is 11.6 Å². The second-order valence-electron chi connectivity index (χ2n) is 10.4. The first-order valence-corrected chi connectivity index (χ1v) is 12.9. The van der Waals surface area contributed by atoms with Crippen molar-refractivity contribution < 1.29 is 1.37 Å². The molecule has 3 aromatic heterocycles. The van der Waals surface area contributed by atoms with Gasteiger partial charge >= 0.3 is 0 Å². The van der Waals surface area contributed by atoms with E-state index in [9.17, 15) is 11.9 Å². The van der Waals surface area contributed by atoms with Gasteiger partial charge in [0.25, 0.3) is 0 Å². The lowest BCUT2D eigenvalue weighted by Gasteiger charge is -2.22. The predicted octanol–water partition coefficient (Wildman–Crippen LogP) is 6.27. The molecule has 0 bridgehead atoms. The number of benzene rings is 2. The molecule has 3 heterocycles. The van der Waals surface area contributed by atoms with Gasteiger partial charge in [-0.1, -0.05) is 49.7 Å². The second kappa shape index (κ2) is 11.0. The minimum atomic E-state index is -1.68. The Morgan fingerprint density at radius 3 is 2.67 bits per heavy atom. The Hall–Kier alpha value is -4.99. The summed E-state index contributed by atoms with van der Waals surface area (Å²) in [5.41, 5.74) is 3.79. The summed E-state index contributed by atoms with van der Waals surface area (Å²) < 4.78 is 11.2. The summed E-state index contributed by atoms with van der Waals surface area (Å²) in [6.45, 7) is 6.89. The molecule has 5 aromatic rings. The zero-order valence-corrected chi connectivity index (χ0v) is 22.9. The number of nitrogens with one attached hydrogen (secondary N) is 2. The van der Waals surface area contributed by atoms with Crippen LogP contribution in [0.4, 0.5) is 11.4 Å². The molecule has 0 fully saturated rings. The average molecular weight is 549 g/mol. The molecule has 0 aliphatic carbocycles. The molecule has 0 spiro atoms. The van der Waals surface area contributed by atoms with Gasteiger partial charge in [0.15, 0.2) is 0 Å². The number of aromatic nitrogens is 5. The van der Waals surface area contributed by atoms with Crippen LogP contribution in [0.2, 0.25) is 5.02 Å². The maximum Gasteiger partial charge on any atom is 0.110 e. The zero-order chi connectivity index (χ0) is 29.2. The molecule has 0 aliphatic rings. The van der Waals surface area contributed by atoms with Crippen molar-refractivity contribution in [1.82, 2.24) is 25.0 Å². The standard InChI is InChI=1S/C30H26ClN9/c1-30(2,3)18-36-27-21(14-33)15-35-29-24(27)11-22(12-25(29)31)37-28(20-7-4-6-19(10-20)13-32)26-17-40(39-38-26)23-8-5-9-34-16-23/h4-12,15-17,28,37H,18H2,1-3H3,(H,35,36)/t28-/m1/s1/i28D. The zero-order valence-electron chi connectivity index (χ0n) is 23.1. The lowest BCUT2D eigenvalue weighted by Crippen LogP contribution is -2.20. The first kappa shape index (κ1) is 25.3. The maximum atomic E-state index is 9.82. The van der Waals surface area contributed by atoms with Gasteiger partial charge < -0.3 is 10.6 Å². The van der Waals surface area contributed by atoms with Crippen molar-refractivity contribution in [3.63, 3.8) is 0 Å². The number of nitriles is 2. The van der Waals surface area contributed by atoms with Crippen LogP contribution in [0.25, 0.3) is 16.6 Å². The number of rotatable bonds is 7. The van der Waals surface area contributed by atoms with Gasteiger partial charge in [-0.25, -0.2) is 4.68 Å². The molecule has 0 amide bonds. The highest BCUT2D eigenvalue weighted by Crippen LogP contribution is 2.36. The van der Waals surface area contributed by atoms with Crippen molar-refractivity contribution in [1.29, 1.82) is 10.5 Å². The number of hydrogen-bond acceptors (Lipinski definition) is 8. The van der Waals surface area contributed by atoms with E-state index in [-0.39, 0.29) is 11.1 Å². The van der Waals surface area contributed by atoms with Crippen LogP contribution in [0, 0.1) is 28.1 Å². The summed E-state index contributed by atoms with van der Waals surface area (Å²) in [4.78, 5) is 8.57. The van der Waals surface area contributed by atoms with Crippen LogP contribution in [-0.4, -0.2) is 31.5 Å². The van der Waals surface area contributed by atoms with E-state index in [1.165, 1.54) is 10.9 Å². The highest BCUT2D eigenvalue weighted by Gasteiger charge is 2.21. The average Bonchev–Trinajstić information content (AvgIpc) is 3.47. The van der Waals surface area contributed by atoms with Crippen LogP contribution in [0.5, 0.6) is 0 Å². The van der Waals surface area contributed by atoms with E-state index in [0.29, 0.717) is 56.2 Å². The smallest absolute Gasteiger partial charge is 0.110 e. The van der Waals surface area contributed by atoms with Gasteiger partial charge in [-0.15, -0.1) is 5.10 Å². The minimum absolute atomic E-state index is 0.0514. The maximum absolute atomic E-state index is 9.82. The van der Waals surface area contributed by atoms with E-state index in [4.69, 9.17) is 11.6 Å². The highest BCUT2D eigenvalue weighted by atomic mass is 35.5. The first-order chi connectivity index (χ1) is 19.6. The van der Waals surface area contributed by atoms with Gasteiger partial charge in [-0.2, -0.15) is 10.5 Å².